The first kappa shape index (κ1) is 12.3. The van der Waals surface area contributed by atoms with Gasteiger partial charge in [-0.25, -0.2) is 4.99 Å². The quantitative estimate of drug-likeness (QED) is 0.550. The van der Waals surface area contributed by atoms with E-state index in [1.165, 1.54) is 12.8 Å². The largest absolute Gasteiger partial charge is 0.500 e. The van der Waals surface area contributed by atoms with Crippen LogP contribution in [0.5, 0.6) is 0 Å². The molecule has 3 nitrogen and oxygen atoms in total. The summed E-state index contributed by atoms with van der Waals surface area (Å²) in [6, 6.07) is 0. The van der Waals surface area contributed by atoms with Crippen molar-refractivity contribution in [3.05, 3.63) is 22.7 Å². The minimum Gasteiger partial charge on any atom is -0.500 e. The van der Waals surface area contributed by atoms with E-state index in [1.54, 1.807) is 13.3 Å². The smallest absolute Gasteiger partial charge is 0.205 e. The summed E-state index contributed by atoms with van der Waals surface area (Å²) in [4.78, 5) is 4.07. The maximum Gasteiger partial charge on any atom is 0.205 e. The van der Waals surface area contributed by atoms with E-state index in [1.807, 2.05) is 6.92 Å². The lowest BCUT2D eigenvalue weighted by atomic mass is 10.5. The van der Waals surface area contributed by atoms with Gasteiger partial charge < -0.3 is 9.47 Å². The highest BCUT2D eigenvalue weighted by molar-refractivity contribution is 9.12. The first-order chi connectivity index (χ1) is 7.13. The van der Waals surface area contributed by atoms with Crippen molar-refractivity contribution in [2.24, 2.45) is 10.9 Å². The van der Waals surface area contributed by atoms with Crippen LogP contribution < -0.4 is 0 Å². The Bertz CT molecular complexity index is 293. The van der Waals surface area contributed by atoms with Gasteiger partial charge in [-0.3, -0.25) is 0 Å². The van der Waals surface area contributed by atoms with Gasteiger partial charge in [-0.15, -0.1) is 0 Å². The minimum absolute atomic E-state index is 0.447. The molecule has 1 saturated carbocycles. The third kappa shape index (κ3) is 5.02. The summed E-state index contributed by atoms with van der Waals surface area (Å²) >= 11 is 3.33. The molecule has 0 aromatic rings. The second-order valence-corrected chi connectivity index (χ2v) is 4.37. The molecule has 1 aliphatic carbocycles. The molecular formula is C11H16BrNO2. The van der Waals surface area contributed by atoms with Crippen LogP contribution in [0.4, 0.5) is 0 Å². The molecule has 84 valence electrons. The first-order valence-corrected chi connectivity index (χ1v) is 5.69. The van der Waals surface area contributed by atoms with Crippen LogP contribution in [0.15, 0.2) is 27.7 Å². The third-order valence-electron chi connectivity index (χ3n) is 2.15. The molecule has 0 heterocycles. The molecule has 0 saturated heterocycles. The zero-order valence-corrected chi connectivity index (χ0v) is 10.7. The molecule has 1 fully saturated rings. The van der Waals surface area contributed by atoms with Crippen molar-refractivity contribution >= 4 is 22.1 Å². The maximum absolute atomic E-state index is 5.35. The predicted octanol–water partition coefficient (Wildman–Crippen LogP) is 3.23. The van der Waals surface area contributed by atoms with Crippen molar-refractivity contribution in [3.8, 4) is 0 Å². The predicted molar refractivity (Wildman–Crippen MR) is 64.9 cm³/mol. The van der Waals surface area contributed by atoms with Gasteiger partial charge in [-0.05, 0) is 48.2 Å². The van der Waals surface area contributed by atoms with Crippen LogP contribution >= 0.6 is 15.9 Å². The van der Waals surface area contributed by atoms with Gasteiger partial charge in [0, 0.05) is 6.21 Å². The molecule has 15 heavy (non-hydrogen) atoms. The lowest BCUT2D eigenvalue weighted by Gasteiger charge is -2.03. The standard InChI is InChI=1S/C11H16BrNO2/c1-8(14-3)11(12)6-13-9(2)15-7-10-4-5-10/h6,10H,2,4-5,7H2,1,3H3/b11-8-,13-6-. The first-order valence-electron chi connectivity index (χ1n) is 4.89. The fourth-order valence-corrected chi connectivity index (χ4v) is 1.12. The summed E-state index contributed by atoms with van der Waals surface area (Å²) in [5.74, 6) is 1.94. The summed E-state index contributed by atoms with van der Waals surface area (Å²) < 4.78 is 11.2. The number of rotatable bonds is 6. The fourth-order valence-electron chi connectivity index (χ4n) is 0.853. The number of ether oxygens (including phenoxy) is 2. The number of aliphatic imine (C=N–C) groups is 1. The van der Waals surface area contributed by atoms with Crippen LogP contribution in [0.1, 0.15) is 19.8 Å². The lowest BCUT2D eigenvalue weighted by Crippen LogP contribution is -1.94. The Balaban J connectivity index is 2.31. The summed E-state index contributed by atoms with van der Waals surface area (Å²) in [7, 11) is 1.61. The monoisotopic (exact) mass is 273 g/mol. The third-order valence-corrected chi connectivity index (χ3v) is 2.91. The Morgan fingerprint density at radius 3 is 2.80 bits per heavy atom. The summed E-state index contributed by atoms with van der Waals surface area (Å²) in [5, 5.41) is 0. The molecule has 0 amide bonds. The van der Waals surface area contributed by atoms with E-state index in [9.17, 15) is 0 Å². The molecule has 0 N–H and O–H groups in total. The summed E-state index contributed by atoms with van der Waals surface area (Å²) in [6.45, 7) is 6.30. The molecule has 1 aliphatic rings. The molecule has 0 unspecified atom stereocenters. The normalized spacial score (nSPS) is 17.5. The number of hydrogen-bond acceptors (Lipinski definition) is 3. The van der Waals surface area contributed by atoms with Crippen LogP contribution in [0.2, 0.25) is 0 Å². The van der Waals surface area contributed by atoms with Gasteiger partial charge in [0.15, 0.2) is 0 Å². The highest BCUT2D eigenvalue weighted by atomic mass is 79.9. The second-order valence-electron chi connectivity index (χ2n) is 3.51. The number of nitrogens with zero attached hydrogens (tertiary/aromatic N) is 1. The molecule has 1 rings (SSSR count). The van der Waals surface area contributed by atoms with E-state index in [0.29, 0.717) is 5.88 Å². The van der Waals surface area contributed by atoms with Crippen LogP contribution in [0, 0.1) is 5.92 Å². The van der Waals surface area contributed by atoms with Crippen molar-refractivity contribution in [3.63, 3.8) is 0 Å². The van der Waals surface area contributed by atoms with E-state index in [0.717, 1.165) is 22.8 Å². The van der Waals surface area contributed by atoms with Crippen molar-refractivity contribution in [2.75, 3.05) is 13.7 Å². The fraction of sp³-hybridized carbons (Fsp3) is 0.545. The Morgan fingerprint density at radius 2 is 2.27 bits per heavy atom. The molecule has 0 radical (unpaired) electrons. The van der Waals surface area contributed by atoms with E-state index in [-0.39, 0.29) is 0 Å². The Morgan fingerprint density at radius 1 is 1.60 bits per heavy atom. The Labute approximate surface area is 99.0 Å². The van der Waals surface area contributed by atoms with E-state index >= 15 is 0 Å². The average molecular weight is 274 g/mol. The van der Waals surface area contributed by atoms with E-state index < -0.39 is 0 Å². The second kappa shape index (κ2) is 5.95. The van der Waals surface area contributed by atoms with Gasteiger partial charge in [-0.1, -0.05) is 0 Å². The van der Waals surface area contributed by atoms with Crippen molar-refractivity contribution < 1.29 is 9.47 Å². The van der Waals surface area contributed by atoms with Gasteiger partial charge >= 0.3 is 0 Å². The van der Waals surface area contributed by atoms with Gasteiger partial charge in [-0.2, -0.15) is 0 Å². The summed E-state index contributed by atoms with van der Waals surface area (Å²) in [5.41, 5.74) is 0. The minimum atomic E-state index is 0.447. The van der Waals surface area contributed by atoms with Crippen LogP contribution in [-0.2, 0) is 9.47 Å². The zero-order valence-electron chi connectivity index (χ0n) is 9.12. The lowest BCUT2D eigenvalue weighted by molar-refractivity contribution is 0.199. The molecular weight excluding hydrogens is 258 g/mol. The Hall–Kier alpha value is -0.770. The van der Waals surface area contributed by atoms with Crippen molar-refractivity contribution in [2.45, 2.75) is 19.8 Å². The van der Waals surface area contributed by atoms with Gasteiger partial charge in [0.1, 0.15) is 5.76 Å². The van der Waals surface area contributed by atoms with Crippen LogP contribution in [-0.4, -0.2) is 19.9 Å². The highest BCUT2D eigenvalue weighted by Crippen LogP contribution is 2.29. The average Bonchev–Trinajstić information content (AvgIpc) is 3.05. The molecule has 0 atom stereocenters. The summed E-state index contributed by atoms with van der Waals surface area (Å²) in [6.07, 6.45) is 4.17. The molecule has 0 aliphatic heterocycles. The molecule has 0 aromatic carbocycles. The van der Waals surface area contributed by atoms with Crippen LogP contribution in [0.3, 0.4) is 0 Å². The number of methoxy groups -OCH3 is 1. The maximum atomic E-state index is 5.35. The SMILES string of the molecule is C=C(/N=C\C(Br)=C(/C)OC)OCC1CC1. The molecule has 0 aromatic heterocycles. The van der Waals surface area contributed by atoms with Gasteiger partial charge in [0.25, 0.3) is 0 Å². The number of hydrogen-bond donors (Lipinski definition) is 0. The van der Waals surface area contributed by atoms with E-state index in [2.05, 4.69) is 27.5 Å². The van der Waals surface area contributed by atoms with Crippen LogP contribution in [0.25, 0.3) is 0 Å². The van der Waals surface area contributed by atoms with Crippen molar-refractivity contribution in [1.82, 2.24) is 0 Å². The number of halogens is 1. The molecule has 0 spiro atoms. The van der Waals surface area contributed by atoms with Gasteiger partial charge in [0.2, 0.25) is 5.88 Å². The molecule has 4 heteroatoms. The highest BCUT2D eigenvalue weighted by Gasteiger charge is 2.21. The van der Waals surface area contributed by atoms with E-state index in [4.69, 9.17) is 9.47 Å². The Kier molecular flexibility index (Phi) is 4.88. The van der Waals surface area contributed by atoms with Crippen molar-refractivity contribution in [1.29, 1.82) is 0 Å². The van der Waals surface area contributed by atoms with Gasteiger partial charge in [0.05, 0.1) is 18.2 Å². The zero-order chi connectivity index (χ0) is 11.3. The number of allylic oxidation sites excluding steroid dienone is 2. The topological polar surface area (TPSA) is 30.8 Å². The molecule has 0 bridgehead atoms.